The smallest absolute Gasteiger partial charge is 0.310 e. The molecule has 2 heteroatoms. The standard InChI is InChI=1S/C21H30O2/c1-15(2)21(16(3)4)23-20(22)14-17-10-12-19(13-11-17)18-8-6-5-7-9-18/h5-10,15-16,19,21H,11-14H2,1-4H3. The van der Waals surface area contributed by atoms with Gasteiger partial charge in [-0.1, -0.05) is 69.7 Å². The molecule has 0 radical (unpaired) electrons. The van der Waals surface area contributed by atoms with Crippen LogP contribution in [0.3, 0.4) is 0 Å². The van der Waals surface area contributed by atoms with E-state index in [0.717, 1.165) is 19.3 Å². The molecule has 2 rings (SSSR count). The van der Waals surface area contributed by atoms with Gasteiger partial charge in [-0.25, -0.2) is 0 Å². The SMILES string of the molecule is CC(C)C(OC(=O)CC1=CCC(c2ccccc2)CC1)C(C)C. The first-order valence-corrected chi connectivity index (χ1v) is 8.89. The lowest BCUT2D eigenvalue weighted by Gasteiger charge is -2.26. The molecule has 0 aliphatic heterocycles. The highest BCUT2D eigenvalue weighted by atomic mass is 16.5. The molecule has 0 aromatic heterocycles. The lowest BCUT2D eigenvalue weighted by Crippen LogP contribution is -2.29. The molecule has 1 aliphatic rings. The van der Waals surface area contributed by atoms with Crippen molar-refractivity contribution in [2.45, 2.75) is 65.4 Å². The first-order valence-electron chi connectivity index (χ1n) is 8.89. The third-order valence-corrected chi connectivity index (χ3v) is 4.73. The van der Waals surface area contributed by atoms with Gasteiger partial charge in [0.2, 0.25) is 0 Å². The monoisotopic (exact) mass is 314 g/mol. The Morgan fingerprint density at radius 1 is 1.13 bits per heavy atom. The summed E-state index contributed by atoms with van der Waals surface area (Å²) >= 11 is 0. The van der Waals surface area contributed by atoms with Crippen molar-refractivity contribution in [3.8, 4) is 0 Å². The maximum absolute atomic E-state index is 12.2. The average molecular weight is 314 g/mol. The molecule has 1 unspecified atom stereocenters. The second-order valence-electron chi connectivity index (χ2n) is 7.36. The van der Waals surface area contributed by atoms with E-state index in [4.69, 9.17) is 4.74 Å². The third-order valence-electron chi connectivity index (χ3n) is 4.73. The average Bonchev–Trinajstić information content (AvgIpc) is 2.53. The number of allylic oxidation sites excluding steroid dienone is 1. The maximum Gasteiger partial charge on any atom is 0.310 e. The van der Waals surface area contributed by atoms with Crippen LogP contribution in [0.4, 0.5) is 0 Å². The molecule has 0 saturated carbocycles. The molecule has 1 aromatic rings. The summed E-state index contributed by atoms with van der Waals surface area (Å²) in [7, 11) is 0. The minimum absolute atomic E-state index is 0.0174. The summed E-state index contributed by atoms with van der Waals surface area (Å²) in [5.74, 6) is 1.25. The third kappa shape index (κ3) is 5.23. The van der Waals surface area contributed by atoms with Crippen molar-refractivity contribution in [1.29, 1.82) is 0 Å². The van der Waals surface area contributed by atoms with Crippen LogP contribution >= 0.6 is 0 Å². The summed E-state index contributed by atoms with van der Waals surface area (Å²) in [6.45, 7) is 8.45. The predicted octanol–water partition coefficient (Wildman–Crippen LogP) is 5.49. The normalized spacial score (nSPS) is 18.4. The summed E-state index contributed by atoms with van der Waals surface area (Å²) in [5.41, 5.74) is 2.65. The summed E-state index contributed by atoms with van der Waals surface area (Å²) in [4.78, 5) is 12.2. The van der Waals surface area contributed by atoms with E-state index in [0.29, 0.717) is 24.2 Å². The molecule has 1 aromatic carbocycles. The Morgan fingerprint density at radius 2 is 1.78 bits per heavy atom. The molecule has 126 valence electrons. The van der Waals surface area contributed by atoms with Gasteiger partial charge in [-0.2, -0.15) is 0 Å². The number of hydrogen-bond donors (Lipinski definition) is 0. The highest BCUT2D eigenvalue weighted by Gasteiger charge is 2.23. The highest BCUT2D eigenvalue weighted by molar-refractivity contribution is 5.72. The van der Waals surface area contributed by atoms with E-state index >= 15 is 0 Å². The van der Waals surface area contributed by atoms with Crippen molar-refractivity contribution in [2.75, 3.05) is 0 Å². The lowest BCUT2D eigenvalue weighted by atomic mass is 9.84. The fourth-order valence-corrected chi connectivity index (χ4v) is 3.50. The zero-order chi connectivity index (χ0) is 16.8. The number of benzene rings is 1. The van der Waals surface area contributed by atoms with Gasteiger partial charge in [-0.15, -0.1) is 0 Å². The van der Waals surface area contributed by atoms with Gasteiger partial charge in [-0.3, -0.25) is 4.79 Å². The van der Waals surface area contributed by atoms with Gasteiger partial charge in [0.25, 0.3) is 0 Å². The van der Waals surface area contributed by atoms with Crippen LogP contribution in [0.1, 0.15) is 64.9 Å². The Morgan fingerprint density at radius 3 is 2.30 bits per heavy atom. The molecule has 0 fully saturated rings. The Bertz CT molecular complexity index is 520. The first kappa shape index (κ1) is 17.8. The van der Waals surface area contributed by atoms with E-state index in [1.54, 1.807) is 0 Å². The van der Waals surface area contributed by atoms with Gasteiger partial charge in [0.15, 0.2) is 0 Å². The highest BCUT2D eigenvalue weighted by Crippen LogP contribution is 2.33. The van der Waals surface area contributed by atoms with Gasteiger partial charge in [0.1, 0.15) is 6.10 Å². The number of rotatable bonds is 6. The van der Waals surface area contributed by atoms with Gasteiger partial charge in [-0.05, 0) is 42.6 Å². The van der Waals surface area contributed by atoms with E-state index in [2.05, 4.69) is 64.1 Å². The second kappa shape index (κ2) is 8.33. The molecule has 0 bridgehead atoms. The molecular formula is C21H30O2. The van der Waals surface area contributed by atoms with Crippen molar-refractivity contribution in [2.24, 2.45) is 11.8 Å². The topological polar surface area (TPSA) is 26.3 Å². The molecule has 0 N–H and O–H groups in total. The molecule has 2 nitrogen and oxygen atoms in total. The van der Waals surface area contributed by atoms with Crippen molar-refractivity contribution >= 4 is 5.97 Å². The summed E-state index contributed by atoms with van der Waals surface area (Å²) in [6, 6.07) is 10.7. The van der Waals surface area contributed by atoms with Crippen molar-refractivity contribution in [1.82, 2.24) is 0 Å². The largest absolute Gasteiger partial charge is 0.462 e. The molecular weight excluding hydrogens is 284 g/mol. The number of ether oxygens (including phenoxy) is 1. The second-order valence-corrected chi connectivity index (χ2v) is 7.36. The fourth-order valence-electron chi connectivity index (χ4n) is 3.50. The Hall–Kier alpha value is -1.57. The zero-order valence-corrected chi connectivity index (χ0v) is 14.9. The maximum atomic E-state index is 12.2. The van der Waals surface area contributed by atoms with Gasteiger partial charge in [0, 0.05) is 0 Å². The van der Waals surface area contributed by atoms with Crippen molar-refractivity contribution < 1.29 is 9.53 Å². The van der Waals surface area contributed by atoms with Crippen molar-refractivity contribution in [3.05, 3.63) is 47.5 Å². The van der Waals surface area contributed by atoms with Gasteiger partial charge >= 0.3 is 5.97 Å². The minimum Gasteiger partial charge on any atom is -0.462 e. The molecule has 23 heavy (non-hydrogen) atoms. The van der Waals surface area contributed by atoms with Crippen LogP contribution in [0.5, 0.6) is 0 Å². The van der Waals surface area contributed by atoms with Crippen LogP contribution in [0.2, 0.25) is 0 Å². The van der Waals surface area contributed by atoms with Crippen LogP contribution in [0.15, 0.2) is 42.0 Å². The molecule has 0 saturated heterocycles. The van der Waals surface area contributed by atoms with E-state index in [9.17, 15) is 4.79 Å². The molecule has 0 amide bonds. The molecule has 0 spiro atoms. The van der Waals surface area contributed by atoms with Crippen LogP contribution in [0.25, 0.3) is 0 Å². The summed E-state index contributed by atoms with van der Waals surface area (Å²) < 4.78 is 5.71. The summed E-state index contributed by atoms with van der Waals surface area (Å²) in [6.07, 6.45) is 5.89. The van der Waals surface area contributed by atoms with E-state index in [1.165, 1.54) is 11.1 Å². The van der Waals surface area contributed by atoms with Crippen LogP contribution in [-0.4, -0.2) is 12.1 Å². The number of carbonyl (C=O) groups excluding carboxylic acids is 1. The predicted molar refractivity (Wildman–Crippen MR) is 95.3 cm³/mol. The van der Waals surface area contributed by atoms with E-state index in [1.807, 2.05) is 0 Å². The number of hydrogen-bond acceptors (Lipinski definition) is 2. The fraction of sp³-hybridized carbons (Fsp3) is 0.571. The van der Waals surface area contributed by atoms with E-state index in [-0.39, 0.29) is 12.1 Å². The van der Waals surface area contributed by atoms with E-state index < -0.39 is 0 Å². The molecule has 1 atom stereocenters. The van der Waals surface area contributed by atoms with Gasteiger partial charge in [0.05, 0.1) is 6.42 Å². The first-order chi connectivity index (χ1) is 11.0. The quantitative estimate of drug-likeness (QED) is 0.512. The zero-order valence-electron chi connectivity index (χ0n) is 14.9. The van der Waals surface area contributed by atoms with Crippen LogP contribution in [0, 0.1) is 11.8 Å². The van der Waals surface area contributed by atoms with Crippen LogP contribution in [-0.2, 0) is 9.53 Å². The Labute approximate surface area is 140 Å². The van der Waals surface area contributed by atoms with Crippen LogP contribution < -0.4 is 0 Å². The van der Waals surface area contributed by atoms with Gasteiger partial charge < -0.3 is 4.74 Å². The Kier molecular flexibility index (Phi) is 6.44. The molecule has 0 heterocycles. The number of esters is 1. The van der Waals surface area contributed by atoms with Crippen molar-refractivity contribution in [3.63, 3.8) is 0 Å². The molecule has 1 aliphatic carbocycles. The number of carbonyl (C=O) groups is 1. The summed E-state index contributed by atoms with van der Waals surface area (Å²) in [5, 5.41) is 0. The lowest BCUT2D eigenvalue weighted by molar-refractivity contribution is -0.153. The Balaban J connectivity index is 1.87. The minimum atomic E-state index is -0.0678.